The average Bonchev–Trinajstić information content (AvgIpc) is 3.01. The van der Waals surface area contributed by atoms with Crippen LogP contribution in [0.4, 0.5) is 5.69 Å². The number of nitrogens with two attached hydrogens (primary N) is 1. The van der Waals surface area contributed by atoms with E-state index in [1.54, 1.807) is 29.0 Å². The maximum atomic E-state index is 8.79. The van der Waals surface area contributed by atoms with Gasteiger partial charge in [-0.1, -0.05) is 0 Å². The van der Waals surface area contributed by atoms with Crippen molar-refractivity contribution in [1.29, 1.82) is 10.7 Å². The topological polar surface area (TPSA) is 138 Å². The second kappa shape index (κ2) is 6.16. The van der Waals surface area contributed by atoms with E-state index in [4.69, 9.17) is 21.1 Å². The molecule has 1 aromatic heterocycles. The molecule has 1 heterocycles. The number of hydrogen-bond donors (Lipinski definition) is 3. The zero-order chi connectivity index (χ0) is 15.2. The second-order valence-corrected chi connectivity index (χ2v) is 3.86. The fraction of sp³-hybridized carbons (Fsp3) is 0.0833. The summed E-state index contributed by atoms with van der Waals surface area (Å²) in [6.45, 7) is 0. The molecule has 21 heavy (non-hydrogen) atoms. The van der Waals surface area contributed by atoms with E-state index in [0.29, 0.717) is 17.1 Å². The van der Waals surface area contributed by atoms with Crippen LogP contribution in [0.2, 0.25) is 0 Å². The van der Waals surface area contributed by atoms with E-state index < -0.39 is 5.84 Å². The van der Waals surface area contributed by atoms with Gasteiger partial charge in [0.1, 0.15) is 24.5 Å². The van der Waals surface area contributed by atoms with E-state index in [1.807, 2.05) is 0 Å². The van der Waals surface area contributed by atoms with Gasteiger partial charge in [-0.25, -0.2) is 9.67 Å². The van der Waals surface area contributed by atoms with Crippen LogP contribution in [-0.2, 0) is 0 Å². The molecule has 0 amide bonds. The summed E-state index contributed by atoms with van der Waals surface area (Å²) in [5.41, 5.74) is 8.92. The highest BCUT2D eigenvalue weighted by atomic mass is 16.5. The van der Waals surface area contributed by atoms with E-state index in [-0.39, 0.29) is 5.71 Å². The van der Waals surface area contributed by atoms with Crippen LogP contribution in [0, 0.1) is 16.7 Å². The largest absolute Gasteiger partial charge is 0.497 e. The van der Waals surface area contributed by atoms with Crippen molar-refractivity contribution in [3.05, 3.63) is 30.9 Å². The van der Waals surface area contributed by atoms with Gasteiger partial charge in [0.05, 0.1) is 18.5 Å². The van der Waals surface area contributed by atoms with Gasteiger partial charge in [0.2, 0.25) is 5.71 Å². The molecule has 2 aromatic rings. The van der Waals surface area contributed by atoms with E-state index in [2.05, 4.69) is 20.6 Å². The fourth-order valence-electron chi connectivity index (χ4n) is 1.51. The zero-order valence-electron chi connectivity index (χ0n) is 11.1. The highest BCUT2D eigenvalue weighted by Gasteiger charge is 2.05. The quantitative estimate of drug-likeness (QED) is 0.415. The molecular formula is C12H12N8O. The number of ether oxygens (including phenoxy) is 1. The van der Waals surface area contributed by atoms with Crippen LogP contribution in [0.1, 0.15) is 0 Å². The Hall–Kier alpha value is -3.41. The van der Waals surface area contributed by atoms with Crippen LogP contribution in [0.15, 0.2) is 36.0 Å². The molecule has 0 saturated heterocycles. The number of methoxy groups -OCH3 is 1. The van der Waals surface area contributed by atoms with Crippen LogP contribution < -0.4 is 15.9 Å². The highest BCUT2D eigenvalue weighted by molar-refractivity contribution is 6.45. The summed E-state index contributed by atoms with van der Waals surface area (Å²) < 4.78 is 6.74. The molecule has 1 aromatic carbocycles. The van der Waals surface area contributed by atoms with Crippen molar-refractivity contribution in [2.24, 2.45) is 10.8 Å². The van der Waals surface area contributed by atoms with E-state index in [9.17, 15) is 0 Å². The number of nitriles is 1. The van der Waals surface area contributed by atoms with Crippen LogP contribution in [-0.4, -0.2) is 33.4 Å². The molecule has 9 nitrogen and oxygen atoms in total. The normalized spacial score (nSPS) is 10.8. The van der Waals surface area contributed by atoms with Gasteiger partial charge in [0.25, 0.3) is 0 Å². The maximum absolute atomic E-state index is 8.79. The van der Waals surface area contributed by atoms with Crippen molar-refractivity contribution in [2.45, 2.75) is 0 Å². The predicted molar refractivity (Wildman–Crippen MR) is 76.5 cm³/mol. The standard InChI is InChI=1S/C12H12N8O/c1-21-10-3-8(18-19-11(5-13)12(14)15)2-9(4-10)20-7-16-6-17-20/h2-4,6-7,18H,1H3,(H3,14,15)/b19-11+. The van der Waals surface area contributed by atoms with Gasteiger partial charge >= 0.3 is 0 Å². The van der Waals surface area contributed by atoms with Crippen molar-refractivity contribution in [2.75, 3.05) is 12.5 Å². The number of rotatable bonds is 5. The summed E-state index contributed by atoms with van der Waals surface area (Å²) in [6.07, 6.45) is 2.95. The molecule has 0 aliphatic rings. The van der Waals surface area contributed by atoms with Crippen LogP contribution in [0.25, 0.3) is 5.69 Å². The van der Waals surface area contributed by atoms with Gasteiger partial charge in [-0.15, -0.1) is 0 Å². The summed E-state index contributed by atoms with van der Waals surface area (Å²) in [5.74, 6) is 0.159. The lowest BCUT2D eigenvalue weighted by atomic mass is 10.2. The lowest BCUT2D eigenvalue weighted by Crippen LogP contribution is -2.21. The summed E-state index contributed by atoms with van der Waals surface area (Å²) in [7, 11) is 1.53. The van der Waals surface area contributed by atoms with Gasteiger partial charge in [-0.05, 0) is 6.07 Å². The van der Waals surface area contributed by atoms with Crippen molar-refractivity contribution in [3.63, 3.8) is 0 Å². The summed E-state index contributed by atoms with van der Waals surface area (Å²) in [4.78, 5) is 3.87. The molecule has 4 N–H and O–H groups in total. The van der Waals surface area contributed by atoms with Crippen molar-refractivity contribution < 1.29 is 4.74 Å². The Balaban J connectivity index is 2.34. The molecule has 0 saturated carbocycles. The van der Waals surface area contributed by atoms with Gasteiger partial charge in [0.15, 0.2) is 5.84 Å². The van der Waals surface area contributed by atoms with Gasteiger partial charge in [-0.2, -0.15) is 15.5 Å². The average molecular weight is 284 g/mol. The Bertz CT molecular complexity index is 713. The van der Waals surface area contributed by atoms with Crippen LogP contribution in [0.5, 0.6) is 5.75 Å². The molecule has 0 atom stereocenters. The summed E-state index contributed by atoms with van der Waals surface area (Å²) >= 11 is 0. The minimum atomic E-state index is -0.413. The van der Waals surface area contributed by atoms with E-state index in [0.717, 1.165) is 0 Å². The Labute approximate surface area is 120 Å². The van der Waals surface area contributed by atoms with Gasteiger partial charge in [0, 0.05) is 12.1 Å². The number of anilines is 1. The number of hydrogen-bond acceptors (Lipinski definition) is 7. The highest BCUT2D eigenvalue weighted by Crippen LogP contribution is 2.22. The zero-order valence-corrected chi connectivity index (χ0v) is 11.1. The first-order valence-electron chi connectivity index (χ1n) is 5.76. The first kappa shape index (κ1) is 14.0. The lowest BCUT2D eigenvalue weighted by Gasteiger charge is -2.08. The van der Waals surface area contributed by atoms with Crippen molar-refractivity contribution in [3.8, 4) is 17.5 Å². The smallest absolute Gasteiger partial charge is 0.201 e. The lowest BCUT2D eigenvalue weighted by molar-refractivity contribution is 0.414. The molecule has 0 spiro atoms. The molecule has 0 aliphatic heterocycles. The SMILES string of the molecule is COc1cc(N/N=C(\C#N)C(=N)N)cc(-n2cncn2)c1. The molecular weight excluding hydrogens is 272 g/mol. The monoisotopic (exact) mass is 284 g/mol. The van der Waals surface area contributed by atoms with Gasteiger partial charge in [-0.3, -0.25) is 10.8 Å². The minimum Gasteiger partial charge on any atom is -0.497 e. The third-order valence-electron chi connectivity index (χ3n) is 2.47. The number of nitrogens with one attached hydrogen (secondary N) is 2. The third kappa shape index (κ3) is 3.32. The second-order valence-electron chi connectivity index (χ2n) is 3.86. The van der Waals surface area contributed by atoms with Crippen LogP contribution in [0.3, 0.4) is 0 Å². The Morgan fingerprint density at radius 2 is 2.33 bits per heavy atom. The van der Waals surface area contributed by atoms with Gasteiger partial charge < -0.3 is 10.5 Å². The Kier molecular flexibility index (Phi) is 4.11. The number of amidine groups is 1. The molecule has 106 valence electrons. The molecule has 0 bridgehead atoms. The molecule has 0 radical (unpaired) electrons. The van der Waals surface area contributed by atoms with E-state index >= 15 is 0 Å². The molecule has 9 heteroatoms. The molecule has 2 rings (SSSR count). The number of nitrogens with zero attached hydrogens (tertiary/aromatic N) is 5. The van der Waals surface area contributed by atoms with E-state index in [1.165, 1.54) is 19.8 Å². The first-order chi connectivity index (χ1) is 10.1. The summed E-state index contributed by atoms with van der Waals surface area (Å²) in [5, 5.41) is 23.8. The van der Waals surface area contributed by atoms with Crippen molar-refractivity contribution in [1.82, 2.24) is 14.8 Å². The Morgan fingerprint density at radius 1 is 1.52 bits per heavy atom. The third-order valence-corrected chi connectivity index (χ3v) is 2.47. The summed E-state index contributed by atoms with van der Waals surface area (Å²) in [6, 6.07) is 6.90. The number of hydrazone groups is 1. The maximum Gasteiger partial charge on any atom is 0.201 e. The first-order valence-corrected chi connectivity index (χ1v) is 5.76. The predicted octanol–water partition coefficient (Wildman–Crippen LogP) is 0.503. The fourth-order valence-corrected chi connectivity index (χ4v) is 1.51. The number of benzene rings is 1. The van der Waals surface area contributed by atoms with Crippen LogP contribution >= 0.6 is 0 Å². The molecule has 0 fully saturated rings. The molecule has 0 aliphatic carbocycles. The Morgan fingerprint density at radius 3 is 2.90 bits per heavy atom. The number of aromatic nitrogens is 3. The molecule has 0 unspecified atom stereocenters. The minimum absolute atomic E-state index is 0.208. The van der Waals surface area contributed by atoms with Crippen molar-refractivity contribution >= 4 is 17.2 Å².